The smallest absolute Gasteiger partial charge is 0.305 e. The van der Waals surface area contributed by atoms with E-state index in [9.17, 15) is 18.0 Å². The van der Waals surface area contributed by atoms with Crippen molar-refractivity contribution in [1.29, 1.82) is 0 Å². The minimum atomic E-state index is -4.55. The summed E-state index contributed by atoms with van der Waals surface area (Å²) >= 11 is 5.76. The van der Waals surface area contributed by atoms with Crippen molar-refractivity contribution < 1.29 is 13.2 Å². The SMILES string of the molecule is O=c1[nH]c2cccc(C(F)(F)F)c2n1-c1ccc(Cl)cc1. The Bertz CT molecular complexity index is 863. The Morgan fingerprint density at radius 1 is 1.05 bits per heavy atom. The van der Waals surface area contributed by atoms with Crippen LogP contribution in [0, 0.1) is 0 Å². The first kappa shape index (κ1) is 13.8. The van der Waals surface area contributed by atoms with Gasteiger partial charge in [0.2, 0.25) is 0 Å². The fourth-order valence-corrected chi connectivity index (χ4v) is 2.35. The van der Waals surface area contributed by atoms with Crippen molar-refractivity contribution in [2.24, 2.45) is 0 Å². The minimum absolute atomic E-state index is 0.129. The third kappa shape index (κ3) is 2.31. The molecule has 0 aliphatic rings. The van der Waals surface area contributed by atoms with Gasteiger partial charge >= 0.3 is 11.9 Å². The molecule has 108 valence electrons. The first-order chi connectivity index (χ1) is 9.88. The molecular formula is C14H8ClF3N2O. The van der Waals surface area contributed by atoms with Gasteiger partial charge in [0, 0.05) is 5.02 Å². The van der Waals surface area contributed by atoms with Gasteiger partial charge in [0.25, 0.3) is 0 Å². The Balaban J connectivity index is 2.40. The maximum absolute atomic E-state index is 13.1. The quantitative estimate of drug-likeness (QED) is 0.725. The van der Waals surface area contributed by atoms with E-state index < -0.39 is 17.4 Å². The fraction of sp³-hybridized carbons (Fsp3) is 0.0714. The number of benzene rings is 2. The maximum atomic E-state index is 13.1. The molecule has 0 aliphatic carbocycles. The molecule has 0 atom stereocenters. The second-order valence-corrected chi connectivity index (χ2v) is 4.88. The number of halogens is 4. The van der Waals surface area contributed by atoms with Crippen LogP contribution in [-0.4, -0.2) is 9.55 Å². The highest BCUT2D eigenvalue weighted by Crippen LogP contribution is 2.34. The van der Waals surface area contributed by atoms with E-state index in [-0.39, 0.29) is 11.0 Å². The van der Waals surface area contributed by atoms with Crippen molar-refractivity contribution >= 4 is 22.6 Å². The molecule has 0 unspecified atom stereocenters. The molecule has 3 rings (SSSR count). The minimum Gasteiger partial charge on any atom is -0.305 e. The van der Waals surface area contributed by atoms with Crippen LogP contribution in [0.3, 0.4) is 0 Å². The number of para-hydroxylation sites is 1. The van der Waals surface area contributed by atoms with Crippen LogP contribution in [0.25, 0.3) is 16.7 Å². The number of fused-ring (bicyclic) bond motifs is 1. The fourth-order valence-electron chi connectivity index (χ4n) is 2.22. The Kier molecular flexibility index (Phi) is 3.06. The van der Waals surface area contributed by atoms with E-state index in [0.717, 1.165) is 10.6 Å². The lowest BCUT2D eigenvalue weighted by Gasteiger charge is -2.11. The Morgan fingerprint density at radius 3 is 2.33 bits per heavy atom. The third-order valence-electron chi connectivity index (χ3n) is 3.09. The third-order valence-corrected chi connectivity index (χ3v) is 3.35. The van der Waals surface area contributed by atoms with Gasteiger partial charge in [0.05, 0.1) is 22.3 Å². The summed E-state index contributed by atoms with van der Waals surface area (Å²) in [6.45, 7) is 0. The lowest BCUT2D eigenvalue weighted by Crippen LogP contribution is -2.16. The number of hydrogen-bond acceptors (Lipinski definition) is 1. The van der Waals surface area contributed by atoms with Crippen LogP contribution < -0.4 is 5.69 Å². The maximum Gasteiger partial charge on any atom is 0.418 e. The number of rotatable bonds is 1. The number of imidazole rings is 1. The molecule has 0 aliphatic heterocycles. The molecule has 21 heavy (non-hydrogen) atoms. The summed E-state index contributed by atoms with van der Waals surface area (Å²) < 4.78 is 40.4. The second kappa shape index (κ2) is 4.66. The van der Waals surface area contributed by atoms with Crippen molar-refractivity contribution in [3.8, 4) is 5.69 Å². The lowest BCUT2D eigenvalue weighted by atomic mass is 10.1. The standard InChI is InChI=1S/C14H8ClF3N2O/c15-8-4-6-9(7-5-8)20-12-10(14(16,17)18)2-1-3-11(12)19-13(20)21/h1-7H,(H,19,21). The van der Waals surface area contributed by atoms with Crippen LogP contribution in [0.4, 0.5) is 13.2 Å². The summed E-state index contributed by atoms with van der Waals surface area (Å²) in [6.07, 6.45) is -4.55. The van der Waals surface area contributed by atoms with Crippen molar-refractivity contribution in [2.75, 3.05) is 0 Å². The van der Waals surface area contributed by atoms with Gasteiger partial charge in [0.1, 0.15) is 0 Å². The van der Waals surface area contributed by atoms with Crippen LogP contribution in [0.5, 0.6) is 0 Å². The normalized spacial score (nSPS) is 12.0. The number of alkyl halides is 3. The average Bonchev–Trinajstić information content (AvgIpc) is 2.74. The van der Waals surface area contributed by atoms with E-state index in [2.05, 4.69) is 4.98 Å². The first-order valence-electron chi connectivity index (χ1n) is 5.95. The van der Waals surface area contributed by atoms with E-state index in [0.29, 0.717) is 10.7 Å². The number of hydrogen-bond donors (Lipinski definition) is 1. The van der Waals surface area contributed by atoms with E-state index in [1.165, 1.54) is 36.4 Å². The van der Waals surface area contributed by atoms with Crippen LogP contribution in [0.2, 0.25) is 5.02 Å². The molecule has 2 aromatic carbocycles. The molecule has 1 N–H and O–H groups in total. The van der Waals surface area contributed by atoms with Crippen LogP contribution in [0.15, 0.2) is 47.3 Å². The van der Waals surface area contributed by atoms with Gasteiger partial charge in [-0.1, -0.05) is 17.7 Å². The number of aromatic nitrogens is 2. The summed E-state index contributed by atoms with van der Waals surface area (Å²) in [6, 6.07) is 9.64. The molecule has 0 saturated heterocycles. The van der Waals surface area contributed by atoms with E-state index in [1.54, 1.807) is 0 Å². The molecule has 3 nitrogen and oxygen atoms in total. The summed E-state index contributed by atoms with van der Waals surface area (Å²) in [4.78, 5) is 14.4. The molecular weight excluding hydrogens is 305 g/mol. The molecule has 3 aromatic rings. The summed E-state index contributed by atoms with van der Waals surface area (Å²) in [5.74, 6) is 0. The molecule has 0 radical (unpaired) electrons. The topological polar surface area (TPSA) is 37.8 Å². The summed E-state index contributed by atoms with van der Waals surface area (Å²) in [7, 11) is 0. The van der Waals surface area contributed by atoms with Crippen molar-refractivity contribution in [1.82, 2.24) is 9.55 Å². The first-order valence-corrected chi connectivity index (χ1v) is 6.32. The number of nitrogens with one attached hydrogen (secondary N) is 1. The lowest BCUT2D eigenvalue weighted by molar-refractivity contribution is -0.136. The van der Waals surface area contributed by atoms with Gasteiger partial charge in [-0.3, -0.25) is 4.57 Å². The zero-order chi connectivity index (χ0) is 15.2. The van der Waals surface area contributed by atoms with Gasteiger partial charge in [-0.15, -0.1) is 0 Å². The Labute approximate surface area is 121 Å². The molecule has 0 amide bonds. The highest BCUT2D eigenvalue weighted by Gasteiger charge is 2.34. The molecule has 1 aromatic heterocycles. The number of H-pyrrole nitrogens is 1. The summed E-state index contributed by atoms with van der Waals surface area (Å²) in [5, 5.41) is 0.433. The number of nitrogens with zero attached hydrogens (tertiary/aromatic N) is 1. The second-order valence-electron chi connectivity index (χ2n) is 4.44. The molecule has 0 bridgehead atoms. The van der Waals surface area contributed by atoms with E-state index >= 15 is 0 Å². The zero-order valence-electron chi connectivity index (χ0n) is 10.4. The summed E-state index contributed by atoms with van der Waals surface area (Å²) in [5.41, 5.74) is -1.26. The van der Waals surface area contributed by atoms with Gasteiger partial charge in [-0.25, -0.2) is 4.79 Å². The van der Waals surface area contributed by atoms with Crippen LogP contribution in [0.1, 0.15) is 5.56 Å². The van der Waals surface area contributed by atoms with Crippen LogP contribution >= 0.6 is 11.6 Å². The molecule has 1 heterocycles. The monoisotopic (exact) mass is 312 g/mol. The van der Waals surface area contributed by atoms with Crippen molar-refractivity contribution in [3.05, 3.63) is 63.5 Å². The van der Waals surface area contributed by atoms with Gasteiger partial charge in [-0.05, 0) is 36.4 Å². The largest absolute Gasteiger partial charge is 0.418 e. The zero-order valence-corrected chi connectivity index (χ0v) is 11.2. The van der Waals surface area contributed by atoms with Gasteiger partial charge in [0.15, 0.2) is 0 Å². The molecule has 0 fully saturated rings. The molecule has 7 heteroatoms. The van der Waals surface area contributed by atoms with E-state index in [1.807, 2.05) is 0 Å². The molecule has 0 saturated carbocycles. The van der Waals surface area contributed by atoms with Crippen molar-refractivity contribution in [3.63, 3.8) is 0 Å². The predicted molar refractivity (Wildman–Crippen MR) is 73.9 cm³/mol. The molecule has 0 spiro atoms. The van der Waals surface area contributed by atoms with Gasteiger partial charge < -0.3 is 4.98 Å². The Hall–Kier alpha value is -2.21. The predicted octanol–water partition coefficient (Wildman–Crippen LogP) is 3.99. The van der Waals surface area contributed by atoms with Crippen LogP contribution in [-0.2, 0) is 6.18 Å². The van der Waals surface area contributed by atoms with Gasteiger partial charge in [-0.2, -0.15) is 13.2 Å². The van der Waals surface area contributed by atoms with E-state index in [4.69, 9.17) is 11.6 Å². The number of aromatic amines is 1. The highest BCUT2D eigenvalue weighted by atomic mass is 35.5. The average molecular weight is 313 g/mol. The Morgan fingerprint density at radius 2 is 1.71 bits per heavy atom. The van der Waals surface area contributed by atoms with Crippen molar-refractivity contribution in [2.45, 2.75) is 6.18 Å². The highest BCUT2D eigenvalue weighted by molar-refractivity contribution is 6.30.